The monoisotopic (exact) mass is 295 g/mol. The number of ether oxygens (including phenoxy) is 1. The van der Waals surface area contributed by atoms with Crippen LogP contribution in [0.25, 0.3) is 0 Å². The van der Waals surface area contributed by atoms with Gasteiger partial charge in [0.25, 0.3) is 5.91 Å². The Hall–Kier alpha value is -2.29. The smallest absolute Gasteiger partial charge is 0.252 e. The van der Waals surface area contributed by atoms with Gasteiger partial charge in [-0.3, -0.25) is 4.79 Å². The highest BCUT2D eigenvalue weighted by molar-refractivity contribution is 5.95. The lowest BCUT2D eigenvalue weighted by Crippen LogP contribution is -2.41. The summed E-state index contributed by atoms with van der Waals surface area (Å²) < 4.78 is 6.01. The summed E-state index contributed by atoms with van der Waals surface area (Å²) in [4.78, 5) is 12.6. The number of carbonyl (C=O) groups excluding carboxylic acids is 1. The molecule has 3 nitrogen and oxygen atoms in total. The maximum Gasteiger partial charge on any atom is 0.252 e. The average Bonchev–Trinajstić information content (AvgIpc) is 2.46. The first kappa shape index (κ1) is 14.6. The third-order valence-electron chi connectivity index (χ3n) is 4.07. The third kappa shape index (κ3) is 2.84. The number of fused-ring (bicyclic) bond motifs is 1. The second-order valence-electron chi connectivity index (χ2n) is 6.44. The number of benzene rings is 2. The molecule has 1 amide bonds. The molecule has 1 atom stereocenters. The van der Waals surface area contributed by atoms with Gasteiger partial charge < -0.3 is 10.1 Å². The highest BCUT2D eigenvalue weighted by Gasteiger charge is 2.34. The fourth-order valence-electron chi connectivity index (χ4n) is 2.99. The van der Waals surface area contributed by atoms with Crippen molar-refractivity contribution in [2.24, 2.45) is 0 Å². The number of hydrogen-bond donors (Lipinski definition) is 1. The number of aryl methyl sites for hydroxylation is 1. The zero-order chi connectivity index (χ0) is 15.7. The third-order valence-corrected chi connectivity index (χ3v) is 4.07. The molecule has 0 bridgehead atoms. The van der Waals surface area contributed by atoms with Crippen LogP contribution in [0.4, 0.5) is 0 Å². The first-order valence-corrected chi connectivity index (χ1v) is 7.61. The molecule has 0 saturated heterocycles. The predicted octanol–water partition coefficient (Wildman–Crippen LogP) is 4.03. The van der Waals surface area contributed by atoms with Crippen LogP contribution in [-0.2, 0) is 0 Å². The Morgan fingerprint density at radius 2 is 1.82 bits per heavy atom. The molecule has 1 aliphatic rings. The van der Waals surface area contributed by atoms with Crippen molar-refractivity contribution in [1.82, 2.24) is 5.32 Å². The van der Waals surface area contributed by atoms with E-state index in [-0.39, 0.29) is 17.6 Å². The van der Waals surface area contributed by atoms with Crippen LogP contribution >= 0.6 is 0 Å². The molecule has 3 rings (SSSR count). The Kier molecular flexibility index (Phi) is 3.65. The van der Waals surface area contributed by atoms with E-state index in [0.29, 0.717) is 0 Å². The van der Waals surface area contributed by atoms with Gasteiger partial charge in [-0.25, -0.2) is 0 Å². The van der Waals surface area contributed by atoms with Gasteiger partial charge in [-0.1, -0.05) is 36.4 Å². The molecule has 1 unspecified atom stereocenters. The van der Waals surface area contributed by atoms with Crippen LogP contribution in [-0.4, -0.2) is 11.5 Å². The summed E-state index contributed by atoms with van der Waals surface area (Å²) in [6, 6.07) is 15.5. The van der Waals surface area contributed by atoms with Crippen molar-refractivity contribution in [1.29, 1.82) is 0 Å². The lowest BCUT2D eigenvalue weighted by atomic mass is 9.89. The van der Waals surface area contributed by atoms with Crippen molar-refractivity contribution in [3.63, 3.8) is 0 Å². The fraction of sp³-hybridized carbons (Fsp3) is 0.316. The average molecular weight is 295 g/mol. The van der Waals surface area contributed by atoms with Crippen molar-refractivity contribution in [3.05, 3.63) is 65.2 Å². The number of carbonyl (C=O) groups is 1. The first-order chi connectivity index (χ1) is 10.5. The molecule has 0 aliphatic carbocycles. The lowest BCUT2D eigenvalue weighted by molar-refractivity contribution is 0.0619. The van der Waals surface area contributed by atoms with Gasteiger partial charge in [-0.15, -0.1) is 0 Å². The summed E-state index contributed by atoms with van der Waals surface area (Å²) in [6.07, 6.45) is 0.752. The van der Waals surface area contributed by atoms with Gasteiger partial charge in [0.15, 0.2) is 0 Å². The van der Waals surface area contributed by atoms with Crippen LogP contribution in [0.2, 0.25) is 0 Å². The quantitative estimate of drug-likeness (QED) is 0.908. The molecule has 0 fully saturated rings. The number of nitrogens with one attached hydrogen (secondary N) is 1. The number of rotatable bonds is 2. The molecule has 1 heterocycles. The topological polar surface area (TPSA) is 38.3 Å². The zero-order valence-corrected chi connectivity index (χ0v) is 13.2. The van der Waals surface area contributed by atoms with Crippen molar-refractivity contribution < 1.29 is 9.53 Å². The summed E-state index contributed by atoms with van der Waals surface area (Å²) in [5, 5.41) is 3.17. The van der Waals surface area contributed by atoms with E-state index in [1.165, 1.54) is 0 Å². The minimum absolute atomic E-state index is 0.0318. The largest absolute Gasteiger partial charge is 0.487 e. The van der Waals surface area contributed by atoms with Crippen molar-refractivity contribution in [2.45, 2.75) is 38.8 Å². The summed E-state index contributed by atoms with van der Waals surface area (Å²) in [7, 11) is 0. The molecule has 22 heavy (non-hydrogen) atoms. The minimum atomic E-state index is -0.294. The Morgan fingerprint density at radius 1 is 1.14 bits per heavy atom. The maximum atomic E-state index is 12.6. The Morgan fingerprint density at radius 3 is 2.59 bits per heavy atom. The Bertz CT molecular complexity index is 706. The molecular weight excluding hydrogens is 274 g/mol. The molecule has 3 heteroatoms. The van der Waals surface area contributed by atoms with E-state index in [1.807, 2.05) is 55.5 Å². The summed E-state index contributed by atoms with van der Waals surface area (Å²) in [5.41, 5.74) is 2.46. The summed E-state index contributed by atoms with van der Waals surface area (Å²) in [6.45, 7) is 6.06. The van der Waals surface area contributed by atoms with E-state index < -0.39 is 0 Å². The molecule has 1 aliphatic heterocycles. The van der Waals surface area contributed by atoms with Crippen LogP contribution in [0.1, 0.15) is 47.8 Å². The fourth-order valence-corrected chi connectivity index (χ4v) is 2.99. The molecule has 0 radical (unpaired) electrons. The first-order valence-electron chi connectivity index (χ1n) is 7.61. The zero-order valence-electron chi connectivity index (χ0n) is 13.2. The Balaban J connectivity index is 1.89. The summed E-state index contributed by atoms with van der Waals surface area (Å²) >= 11 is 0. The predicted molar refractivity (Wildman–Crippen MR) is 87.2 cm³/mol. The van der Waals surface area contributed by atoms with Crippen LogP contribution in [0.5, 0.6) is 5.75 Å². The van der Waals surface area contributed by atoms with Gasteiger partial charge in [0.2, 0.25) is 0 Å². The van der Waals surface area contributed by atoms with E-state index in [4.69, 9.17) is 4.74 Å². The van der Waals surface area contributed by atoms with Gasteiger partial charge in [0.05, 0.1) is 6.04 Å². The van der Waals surface area contributed by atoms with Crippen LogP contribution in [0, 0.1) is 6.92 Å². The minimum Gasteiger partial charge on any atom is -0.487 e. The van der Waals surface area contributed by atoms with Crippen LogP contribution in [0.15, 0.2) is 48.5 Å². The number of para-hydroxylation sites is 1. The van der Waals surface area contributed by atoms with Crippen LogP contribution < -0.4 is 10.1 Å². The molecule has 0 spiro atoms. The van der Waals surface area contributed by atoms with Gasteiger partial charge in [-0.2, -0.15) is 0 Å². The van der Waals surface area contributed by atoms with Crippen molar-refractivity contribution >= 4 is 5.91 Å². The Labute approximate surface area is 131 Å². The molecule has 2 aromatic carbocycles. The van der Waals surface area contributed by atoms with Gasteiger partial charge in [-0.05, 0) is 38.5 Å². The van der Waals surface area contributed by atoms with Crippen LogP contribution in [0.3, 0.4) is 0 Å². The van der Waals surface area contributed by atoms with Gasteiger partial charge in [0.1, 0.15) is 11.4 Å². The van der Waals surface area contributed by atoms with E-state index in [2.05, 4.69) is 19.2 Å². The molecule has 0 aromatic heterocycles. The van der Waals surface area contributed by atoms with E-state index in [1.54, 1.807) is 0 Å². The normalized spacial score (nSPS) is 19.0. The second kappa shape index (κ2) is 5.48. The number of hydrogen-bond acceptors (Lipinski definition) is 2. The van der Waals surface area contributed by atoms with E-state index in [9.17, 15) is 4.79 Å². The molecule has 114 valence electrons. The highest BCUT2D eigenvalue weighted by Crippen LogP contribution is 2.39. The second-order valence-corrected chi connectivity index (χ2v) is 6.44. The van der Waals surface area contributed by atoms with E-state index >= 15 is 0 Å². The molecule has 1 N–H and O–H groups in total. The van der Waals surface area contributed by atoms with Gasteiger partial charge in [0, 0.05) is 17.5 Å². The molecule has 2 aromatic rings. The maximum absolute atomic E-state index is 12.6. The molecule has 0 saturated carbocycles. The lowest BCUT2D eigenvalue weighted by Gasteiger charge is -2.37. The standard InChI is InChI=1S/C19H21NO2/c1-13-8-4-5-9-14(13)18(21)20-16-12-19(2,3)22-17-11-7-6-10-15(16)17/h4-11,16H,12H2,1-3H3,(H,20,21). The van der Waals surface area contributed by atoms with Crippen molar-refractivity contribution in [2.75, 3.05) is 0 Å². The highest BCUT2D eigenvalue weighted by atomic mass is 16.5. The van der Waals surface area contributed by atoms with E-state index in [0.717, 1.165) is 28.9 Å². The SMILES string of the molecule is Cc1ccccc1C(=O)NC1CC(C)(C)Oc2ccccc21. The van der Waals surface area contributed by atoms with Crippen molar-refractivity contribution in [3.8, 4) is 5.75 Å². The summed E-state index contributed by atoms with van der Waals surface area (Å²) in [5.74, 6) is 0.824. The molecular formula is C19H21NO2. The number of amides is 1. The van der Waals surface area contributed by atoms with Gasteiger partial charge >= 0.3 is 0 Å².